The molecule has 0 aromatic heterocycles. The third-order valence-electron chi connectivity index (χ3n) is 4.57. The molecule has 1 heterocycles. The van der Waals surface area contributed by atoms with Crippen molar-refractivity contribution in [1.82, 2.24) is 0 Å². The van der Waals surface area contributed by atoms with E-state index in [1.807, 2.05) is 0 Å². The topological polar surface area (TPSA) is 79.2 Å². The Bertz CT molecular complexity index is 321. The molecule has 0 radical (unpaired) electrons. The maximum Gasteiger partial charge on any atom is 0.114 e. The fourth-order valence-corrected chi connectivity index (χ4v) is 3.04. The fraction of sp³-hybridized carbons (Fsp3) is 0.895. The van der Waals surface area contributed by atoms with Gasteiger partial charge in [-0.15, -0.1) is 0 Å². The van der Waals surface area contributed by atoms with Gasteiger partial charge in [0.1, 0.15) is 24.4 Å². The summed E-state index contributed by atoms with van der Waals surface area (Å²) >= 11 is 0. The van der Waals surface area contributed by atoms with Gasteiger partial charge in [0, 0.05) is 6.61 Å². The Hall–Kier alpha value is -0.460. The molecule has 0 aromatic carbocycles. The second-order valence-corrected chi connectivity index (χ2v) is 6.63. The van der Waals surface area contributed by atoms with Crippen molar-refractivity contribution in [3.63, 3.8) is 0 Å². The maximum absolute atomic E-state index is 10.0. The lowest BCUT2D eigenvalue weighted by atomic mass is 10.0. The molecule has 1 rings (SSSR count). The van der Waals surface area contributed by atoms with Crippen molar-refractivity contribution >= 4 is 0 Å². The molecule has 3 N–H and O–H groups in total. The Labute approximate surface area is 146 Å². The Morgan fingerprint density at radius 1 is 1.00 bits per heavy atom. The quantitative estimate of drug-likeness (QED) is 0.353. The molecule has 0 bridgehead atoms. The number of rotatable bonds is 13. The molecule has 0 aromatic rings. The van der Waals surface area contributed by atoms with E-state index in [2.05, 4.69) is 19.1 Å². The highest BCUT2D eigenvalue weighted by Crippen LogP contribution is 2.19. The average molecular weight is 344 g/mol. The third-order valence-corrected chi connectivity index (χ3v) is 4.57. The first-order chi connectivity index (χ1) is 11.7. The summed E-state index contributed by atoms with van der Waals surface area (Å²) in [6.45, 7) is 2.43. The standard InChI is InChI=1S/C19H36O5/c1-2-3-4-5-6-7-8-9-10-11-12-13-23-19-16(21)15-24-17(14-20)18(19)22/h2-3,16-22H,4-15H2,1H3/b3-2+/t16-,17+,18+,19+/m0/s1. The van der Waals surface area contributed by atoms with Crippen molar-refractivity contribution in [2.24, 2.45) is 0 Å². The number of hydrogen-bond donors (Lipinski definition) is 3. The number of allylic oxidation sites excluding steroid dienone is 2. The summed E-state index contributed by atoms with van der Waals surface area (Å²) in [4.78, 5) is 0. The van der Waals surface area contributed by atoms with Crippen LogP contribution in [0.15, 0.2) is 12.2 Å². The summed E-state index contributed by atoms with van der Waals surface area (Å²) in [6.07, 6.45) is 12.2. The molecule has 0 aliphatic carbocycles. The van der Waals surface area contributed by atoms with Gasteiger partial charge in [-0.05, 0) is 26.2 Å². The van der Waals surface area contributed by atoms with Gasteiger partial charge in [0.25, 0.3) is 0 Å². The molecule has 0 saturated carbocycles. The molecule has 4 atom stereocenters. The zero-order valence-corrected chi connectivity index (χ0v) is 15.1. The van der Waals surface area contributed by atoms with Crippen molar-refractivity contribution in [2.45, 2.75) is 89.1 Å². The van der Waals surface area contributed by atoms with E-state index in [9.17, 15) is 10.2 Å². The van der Waals surface area contributed by atoms with Crippen LogP contribution in [0.2, 0.25) is 0 Å². The predicted molar refractivity (Wildman–Crippen MR) is 94.9 cm³/mol. The SMILES string of the molecule is C/C=C/CCCCCCCCCCO[C@H]1[C@H](O)[C@@H](CO)OC[C@@H]1O. The van der Waals surface area contributed by atoms with Crippen LogP contribution in [-0.4, -0.2) is 59.6 Å². The smallest absolute Gasteiger partial charge is 0.114 e. The fourth-order valence-electron chi connectivity index (χ4n) is 3.04. The van der Waals surface area contributed by atoms with Gasteiger partial charge >= 0.3 is 0 Å². The monoisotopic (exact) mass is 344 g/mol. The highest BCUT2D eigenvalue weighted by atomic mass is 16.6. The Morgan fingerprint density at radius 3 is 2.25 bits per heavy atom. The first kappa shape index (κ1) is 21.6. The van der Waals surface area contributed by atoms with E-state index in [0.29, 0.717) is 6.61 Å². The molecule has 142 valence electrons. The summed E-state index contributed by atoms with van der Waals surface area (Å²) in [5, 5.41) is 28.9. The van der Waals surface area contributed by atoms with Crippen molar-refractivity contribution in [3.05, 3.63) is 12.2 Å². The molecule has 0 spiro atoms. The lowest BCUT2D eigenvalue weighted by molar-refractivity contribution is -0.210. The molecule has 1 aliphatic heterocycles. The minimum absolute atomic E-state index is 0.0982. The Balaban J connectivity index is 1.96. The first-order valence-electron chi connectivity index (χ1n) is 9.52. The van der Waals surface area contributed by atoms with Gasteiger partial charge in [0.15, 0.2) is 0 Å². The number of hydrogen-bond acceptors (Lipinski definition) is 5. The second-order valence-electron chi connectivity index (χ2n) is 6.63. The van der Waals surface area contributed by atoms with E-state index in [1.165, 1.54) is 44.9 Å². The number of unbranched alkanes of at least 4 members (excludes halogenated alkanes) is 8. The normalized spacial score (nSPS) is 27.8. The molecule has 5 nitrogen and oxygen atoms in total. The largest absolute Gasteiger partial charge is 0.394 e. The van der Waals surface area contributed by atoms with Gasteiger partial charge in [-0.3, -0.25) is 0 Å². The van der Waals surface area contributed by atoms with Crippen LogP contribution in [-0.2, 0) is 9.47 Å². The molecule has 24 heavy (non-hydrogen) atoms. The predicted octanol–water partition coefficient (Wildman–Crippen LogP) is 2.57. The van der Waals surface area contributed by atoms with Crippen LogP contribution < -0.4 is 0 Å². The van der Waals surface area contributed by atoms with Gasteiger partial charge in [0.2, 0.25) is 0 Å². The highest BCUT2D eigenvalue weighted by Gasteiger charge is 2.38. The van der Waals surface area contributed by atoms with Crippen LogP contribution in [0.25, 0.3) is 0 Å². The van der Waals surface area contributed by atoms with Gasteiger partial charge in [-0.1, -0.05) is 50.7 Å². The van der Waals surface area contributed by atoms with Gasteiger partial charge in [-0.25, -0.2) is 0 Å². The highest BCUT2D eigenvalue weighted by molar-refractivity contribution is 4.87. The van der Waals surface area contributed by atoms with E-state index >= 15 is 0 Å². The molecule has 0 unspecified atom stereocenters. The number of aliphatic hydroxyl groups excluding tert-OH is 3. The first-order valence-corrected chi connectivity index (χ1v) is 9.52. The summed E-state index contributed by atoms with van der Waals surface area (Å²) in [5.74, 6) is 0. The average Bonchev–Trinajstić information content (AvgIpc) is 2.58. The van der Waals surface area contributed by atoms with E-state index in [0.717, 1.165) is 12.8 Å². The summed E-state index contributed by atoms with van der Waals surface area (Å²) < 4.78 is 10.8. The molecule has 5 heteroatoms. The van der Waals surface area contributed by atoms with Crippen LogP contribution in [0.1, 0.15) is 64.7 Å². The maximum atomic E-state index is 10.0. The van der Waals surface area contributed by atoms with Crippen molar-refractivity contribution < 1.29 is 24.8 Å². The van der Waals surface area contributed by atoms with Gasteiger partial charge in [0.05, 0.1) is 13.2 Å². The second kappa shape index (κ2) is 13.8. The molecule has 1 saturated heterocycles. The van der Waals surface area contributed by atoms with Gasteiger partial charge < -0.3 is 24.8 Å². The summed E-state index contributed by atoms with van der Waals surface area (Å²) in [7, 11) is 0. The lowest BCUT2D eigenvalue weighted by Crippen LogP contribution is -2.55. The van der Waals surface area contributed by atoms with Crippen LogP contribution in [0.3, 0.4) is 0 Å². The van der Waals surface area contributed by atoms with Crippen LogP contribution in [0, 0.1) is 0 Å². The Morgan fingerprint density at radius 2 is 1.62 bits per heavy atom. The molecule has 1 aliphatic rings. The molecule has 1 fully saturated rings. The van der Waals surface area contributed by atoms with E-state index in [1.54, 1.807) is 0 Å². The van der Waals surface area contributed by atoms with E-state index < -0.39 is 24.4 Å². The van der Waals surface area contributed by atoms with Gasteiger partial charge in [-0.2, -0.15) is 0 Å². The Kier molecular flexibility index (Phi) is 12.4. The molecular formula is C19H36O5. The van der Waals surface area contributed by atoms with E-state index in [4.69, 9.17) is 14.6 Å². The van der Waals surface area contributed by atoms with Crippen molar-refractivity contribution in [1.29, 1.82) is 0 Å². The zero-order chi connectivity index (χ0) is 17.6. The number of aliphatic hydroxyl groups is 3. The summed E-state index contributed by atoms with van der Waals surface area (Å²) in [5.41, 5.74) is 0. The lowest BCUT2D eigenvalue weighted by Gasteiger charge is -2.37. The minimum Gasteiger partial charge on any atom is -0.394 e. The third kappa shape index (κ3) is 8.58. The van der Waals surface area contributed by atoms with Crippen LogP contribution in [0.5, 0.6) is 0 Å². The van der Waals surface area contributed by atoms with Crippen LogP contribution in [0.4, 0.5) is 0 Å². The van der Waals surface area contributed by atoms with Crippen molar-refractivity contribution in [3.8, 4) is 0 Å². The zero-order valence-electron chi connectivity index (χ0n) is 15.1. The molecule has 0 amide bonds. The minimum atomic E-state index is -0.971. The summed E-state index contributed by atoms with van der Waals surface area (Å²) in [6, 6.07) is 0. The van der Waals surface area contributed by atoms with E-state index in [-0.39, 0.29) is 13.2 Å². The van der Waals surface area contributed by atoms with Crippen LogP contribution >= 0.6 is 0 Å². The van der Waals surface area contributed by atoms with Crippen molar-refractivity contribution in [2.75, 3.05) is 19.8 Å². The molecular weight excluding hydrogens is 308 g/mol. The number of ether oxygens (including phenoxy) is 2.